The van der Waals surface area contributed by atoms with Crippen molar-refractivity contribution in [2.75, 3.05) is 6.56 Å². The Morgan fingerprint density at radius 3 is 3.20 bits per heavy atom. The monoisotopic (exact) mass is 209 g/mol. The van der Waals surface area contributed by atoms with Gasteiger partial charge in [-0.15, -0.1) is 0 Å². The average molecular weight is 210 g/mol. The highest BCUT2D eigenvalue weighted by atomic mass is 79.9. The van der Waals surface area contributed by atoms with E-state index in [1.54, 1.807) is 0 Å². The lowest BCUT2D eigenvalue weighted by molar-refractivity contribution is 0.312. The van der Waals surface area contributed by atoms with Crippen LogP contribution in [0.25, 0.3) is 0 Å². The predicted molar refractivity (Wildman–Crippen MR) is 40.9 cm³/mol. The van der Waals surface area contributed by atoms with E-state index in [1.165, 1.54) is 0 Å². The van der Waals surface area contributed by atoms with Gasteiger partial charge < -0.3 is 4.74 Å². The summed E-state index contributed by atoms with van der Waals surface area (Å²) in [6, 6.07) is -0.663. The van der Waals surface area contributed by atoms with Gasteiger partial charge in [-0.05, 0) is 22.8 Å². The van der Waals surface area contributed by atoms with Crippen LogP contribution in [0.3, 0.4) is 0 Å². The van der Waals surface area contributed by atoms with Crippen molar-refractivity contribution in [2.24, 2.45) is 0 Å². The van der Waals surface area contributed by atoms with E-state index in [4.69, 9.17) is 9.60 Å². The Bertz CT molecular complexity index is 412. The molecule has 0 atom stereocenters. The highest BCUT2D eigenvalue weighted by Crippen LogP contribution is 2.07. The Hall–Kier alpha value is -0.640. The van der Waals surface area contributed by atoms with Gasteiger partial charge in [-0.1, -0.05) is 0 Å². The molecule has 0 aliphatic rings. The van der Waals surface area contributed by atoms with E-state index in [0.29, 0.717) is 0 Å². The van der Waals surface area contributed by atoms with E-state index in [0.717, 1.165) is 0 Å². The topological polar surface area (TPSA) is 35.0 Å². The normalized spacial score (nSPS) is 22.3. The van der Waals surface area contributed by atoms with Crippen molar-refractivity contribution in [1.82, 2.24) is 9.97 Å². The predicted octanol–water partition coefficient (Wildman–Crippen LogP) is 1.64. The fraction of sp³-hybridized carbons (Fsp3) is 0.333. The Kier molecular flexibility index (Phi) is 0.858. The van der Waals surface area contributed by atoms with Crippen LogP contribution in [-0.2, 0) is 0 Å². The van der Waals surface area contributed by atoms with Crippen LogP contribution in [0.5, 0.6) is 6.01 Å². The first-order chi connectivity index (χ1) is 7.54. The van der Waals surface area contributed by atoms with E-state index < -0.39 is 19.4 Å². The minimum Gasteiger partial charge on any atom is -0.464 e. The molecule has 1 aromatic rings. The minimum atomic E-state index is -3.02. The van der Waals surface area contributed by atoms with Crippen LogP contribution in [0.1, 0.15) is 16.4 Å². The Labute approximate surface area is 77.4 Å². The van der Waals surface area contributed by atoms with Crippen LogP contribution in [0.15, 0.2) is 16.8 Å². The van der Waals surface area contributed by atoms with Crippen LogP contribution in [0.4, 0.5) is 0 Å². The number of hydrogen-bond donors (Lipinski definition) is 0. The zero-order chi connectivity index (χ0) is 13.4. The molecule has 0 bridgehead atoms. The number of ether oxygens (including phenoxy) is 1. The molecular weight excluding hydrogens is 196 g/mol. The highest BCUT2D eigenvalue weighted by Gasteiger charge is 1.92. The van der Waals surface area contributed by atoms with Crippen molar-refractivity contribution in [3.8, 4) is 6.01 Å². The molecule has 0 saturated carbocycles. The molecule has 0 aliphatic carbocycles. The minimum absolute atomic E-state index is 0.0132. The van der Waals surface area contributed by atoms with E-state index in [-0.39, 0.29) is 16.8 Å². The maximum absolute atomic E-state index is 7.30. The summed E-state index contributed by atoms with van der Waals surface area (Å²) in [6.45, 7) is -6.01. The van der Waals surface area contributed by atoms with Crippen molar-refractivity contribution in [3.63, 3.8) is 0 Å². The van der Waals surface area contributed by atoms with Gasteiger partial charge in [0.15, 0.2) is 0 Å². The molecule has 0 spiro atoms. The van der Waals surface area contributed by atoms with Gasteiger partial charge in [0.2, 0.25) is 0 Å². The smallest absolute Gasteiger partial charge is 0.316 e. The Balaban J connectivity index is 3.05. The Morgan fingerprint density at radius 1 is 1.90 bits per heavy atom. The first-order valence-electron chi connectivity index (χ1n) is 5.74. The van der Waals surface area contributed by atoms with Crippen molar-refractivity contribution >= 4 is 15.9 Å². The summed E-state index contributed by atoms with van der Waals surface area (Å²) in [5.41, 5.74) is 0. The van der Waals surface area contributed by atoms with Gasteiger partial charge in [0, 0.05) is 16.5 Å². The van der Waals surface area contributed by atoms with Gasteiger partial charge in [0.05, 0.1) is 16.5 Å². The molecule has 4 heteroatoms. The second-order valence-electron chi connectivity index (χ2n) is 1.25. The van der Waals surface area contributed by atoms with Gasteiger partial charge in [-0.3, -0.25) is 0 Å². The fourth-order valence-corrected chi connectivity index (χ4v) is 0.512. The van der Waals surface area contributed by atoms with Crippen molar-refractivity contribution < 1.29 is 14.3 Å². The molecule has 3 nitrogen and oxygen atoms in total. The van der Waals surface area contributed by atoms with Crippen LogP contribution >= 0.6 is 15.9 Å². The average Bonchev–Trinajstić information content (AvgIpc) is 2.11. The molecule has 0 N–H and O–H groups in total. The van der Waals surface area contributed by atoms with Gasteiger partial charge >= 0.3 is 6.01 Å². The Morgan fingerprint density at radius 2 is 2.60 bits per heavy atom. The number of aromatic nitrogens is 2. The van der Waals surface area contributed by atoms with Gasteiger partial charge in [-0.25, -0.2) is 9.97 Å². The summed E-state index contributed by atoms with van der Waals surface area (Å²) >= 11 is 2.87. The van der Waals surface area contributed by atoms with Crippen LogP contribution in [0.2, 0.25) is 0 Å². The third-order valence-corrected chi connectivity index (χ3v) is 0.996. The largest absolute Gasteiger partial charge is 0.464 e. The van der Waals surface area contributed by atoms with Gasteiger partial charge in [0.25, 0.3) is 0 Å². The summed E-state index contributed by atoms with van der Waals surface area (Å²) in [5, 5.41) is 0. The molecule has 0 saturated heterocycles. The molecule has 0 amide bonds. The SMILES string of the molecule is [2H]c1nc(OC([2H])([2H])C([2H])([2H])[2H])nc([2H])c1Br. The maximum atomic E-state index is 7.30. The van der Waals surface area contributed by atoms with Crippen molar-refractivity contribution in [1.29, 1.82) is 0 Å². The van der Waals surface area contributed by atoms with Crippen molar-refractivity contribution in [2.45, 2.75) is 6.85 Å². The number of rotatable bonds is 2. The van der Waals surface area contributed by atoms with E-state index in [1.807, 2.05) is 0 Å². The van der Waals surface area contributed by atoms with E-state index >= 15 is 0 Å². The molecule has 0 aliphatic heterocycles. The number of nitrogens with zero attached hydrogens (tertiary/aromatic N) is 2. The third-order valence-electron chi connectivity index (χ3n) is 0.642. The van der Waals surface area contributed by atoms with Gasteiger partial charge in [-0.2, -0.15) is 0 Å². The zero-order valence-corrected chi connectivity index (χ0v) is 6.27. The lowest BCUT2D eigenvalue weighted by Crippen LogP contribution is -1.95. The summed E-state index contributed by atoms with van der Waals surface area (Å²) < 4.78 is 54.2. The van der Waals surface area contributed by atoms with Crippen LogP contribution in [0, 0.1) is 0 Å². The zero-order valence-electron chi connectivity index (χ0n) is 11.7. The maximum Gasteiger partial charge on any atom is 0.316 e. The van der Waals surface area contributed by atoms with Crippen LogP contribution < -0.4 is 4.74 Å². The molecule has 1 rings (SSSR count). The molecule has 0 aromatic carbocycles. The molecule has 1 heterocycles. The second-order valence-corrected chi connectivity index (χ2v) is 2.04. The van der Waals surface area contributed by atoms with Gasteiger partial charge in [0.1, 0.15) is 0 Å². The summed E-state index contributed by atoms with van der Waals surface area (Å²) in [5.74, 6) is 0. The molecule has 0 unspecified atom stereocenters. The summed E-state index contributed by atoms with van der Waals surface area (Å²) in [4.78, 5) is 6.82. The number of halogens is 1. The first-order valence-corrected chi connectivity index (χ1v) is 3.03. The molecule has 0 fully saturated rings. The molecule has 10 heavy (non-hydrogen) atoms. The van der Waals surface area contributed by atoms with E-state index in [2.05, 4.69) is 30.6 Å². The van der Waals surface area contributed by atoms with E-state index in [9.17, 15) is 0 Å². The summed E-state index contributed by atoms with van der Waals surface area (Å²) in [7, 11) is 0. The molecule has 0 radical (unpaired) electrons. The lowest BCUT2D eigenvalue weighted by atomic mass is 10.7. The third kappa shape index (κ3) is 1.95. The van der Waals surface area contributed by atoms with Crippen LogP contribution in [-0.4, -0.2) is 16.5 Å². The summed E-state index contributed by atoms with van der Waals surface area (Å²) in [6.07, 6.45) is -0.775. The molecule has 54 valence electrons. The second kappa shape index (κ2) is 3.51. The quantitative estimate of drug-likeness (QED) is 0.744. The molecular formula is C6H7BrN2O. The highest BCUT2D eigenvalue weighted by molar-refractivity contribution is 9.10. The number of hydrogen-bond acceptors (Lipinski definition) is 3. The van der Waals surface area contributed by atoms with Crippen molar-refractivity contribution in [3.05, 3.63) is 16.8 Å². The fourth-order valence-electron chi connectivity index (χ4n) is 0.335. The lowest BCUT2D eigenvalue weighted by Gasteiger charge is -1.97. The standard InChI is InChI=1S/C6H7BrN2O/c1-2-10-6-8-3-5(7)4-9-6/h3-4H,2H2,1H3/i1D3,2D2,3D,4D. The first kappa shape index (κ1) is 2.44. The molecule has 1 aromatic heterocycles.